The molecule has 0 bridgehead atoms. The molecule has 16 heavy (non-hydrogen) atoms. The van der Waals surface area contributed by atoms with Crippen molar-refractivity contribution in [1.82, 2.24) is 10.2 Å². The number of nitrogens with zero attached hydrogens (tertiary/aromatic N) is 2. The van der Waals surface area contributed by atoms with Crippen molar-refractivity contribution < 1.29 is 14.8 Å². The van der Waals surface area contributed by atoms with E-state index < -0.39 is 16.3 Å². The minimum absolute atomic E-state index is 0.0340. The molecule has 2 rings (SSSR count). The Morgan fingerprint density at radius 2 is 2.38 bits per heavy atom. The second-order valence-electron chi connectivity index (χ2n) is 3.94. The van der Waals surface area contributed by atoms with Crippen molar-refractivity contribution in [3.63, 3.8) is 0 Å². The molecular weight excluding hydrogens is 216 g/mol. The molecule has 86 valence electrons. The zero-order valence-corrected chi connectivity index (χ0v) is 8.21. The summed E-state index contributed by atoms with van der Waals surface area (Å²) in [6.07, 6.45) is 1.39. The number of carbonyl (C=O) groups is 1. The normalized spacial score (nSPS) is 28.4. The average Bonchev–Trinajstić information content (AvgIpc) is 2.60. The summed E-state index contributed by atoms with van der Waals surface area (Å²) in [6.45, 7) is 0. The molecule has 0 aromatic carbocycles. The van der Waals surface area contributed by atoms with E-state index in [9.17, 15) is 14.9 Å². The van der Waals surface area contributed by atoms with Crippen LogP contribution in [0.2, 0.25) is 0 Å². The van der Waals surface area contributed by atoms with Crippen LogP contribution in [0.25, 0.3) is 0 Å². The fourth-order valence-electron chi connectivity index (χ4n) is 2.09. The van der Waals surface area contributed by atoms with Crippen molar-refractivity contribution in [3.8, 4) is 0 Å². The van der Waals surface area contributed by atoms with Crippen LogP contribution in [-0.4, -0.2) is 32.2 Å². The Hall–Kier alpha value is -1.96. The van der Waals surface area contributed by atoms with Crippen molar-refractivity contribution in [2.75, 3.05) is 0 Å². The van der Waals surface area contributed by atoms with E-state index in [1.54, 1.807) is 0 Å². The Bertz CT molecular complexity index is 449. The second kappa shape index (κ2) is 3.27. The van der Waals surface area contributed by atoms with Gasteiger partial charge in [-0.3, -0.25) is 20.0 Å². The summed E-state index contributed by atoms with van der Waals surface area (Å²) in [5.74, 6) is -1.11. The first-order chi connectivity index (χ1) is 7.47. The number of hydrogen-bond acceptors (Lipinski definition) is 5. The summed E-state index contributed by atoms with van der Waals surface area (Å²) in [4.78, 5) is 21.2. The molecule has 0 aliphatic heterocycles. The number of rotatable bonds is 3. The Morgan fingerprint density at radius 1 is 1.75 bits per heavy atom. The quantitative estimate of drug-likeness (QED) is 0.480. The van der Waals surface area contributed by atoms with Crippen molar-refractivity contribution >= 4 is 11.7 Å². The number of carboxylic acids is 1. The summed E-state index contributed by atoms with van der Waals surface area (Å²) in [5.41, 5.74) is 4.01. The minimum atomic E-state index is -1.28. The largest absolute Gasteiger partial charge is 0.481 e. The number of aliphatic carboxylic acids is 1. The van der Waals surface area contributed by atoms with E-state index in [2.05, 4.69) is 10.2 Å². The molecule has 0 unspecified atom stereocenters. The molecule has 8 nitrogen and oxygen atoms in total. The van der Waals surface area contributed by atoms with Crippen LogP contribution in [0, 0.1) is 10.1 Å². The van der Waals surface area contributed by atoms with Gasteiger partial charge in [-0.05, 0) is 12.8 Å². The van der Waals surface area contributed by atoms with Gasteiger partial charge in [-0.1, -0.05) is 0 Å². The summed E-state index contributed by atoms with van der Waals surface area (Å²) < 4.78 is 0. The molecule has 0 atom stereocenters. The lowest BCUT2D eigenvalue weighted by molar-refractivity contribution is -0.386. The summed E-state index contributed by atoms with van der Waals surface area (Å²) in [6, 6.07) is -0.237. The minimum Gasteiger partial charge on any atom is -0.481 e. The number of nitro groups is 1. The molecule has 1 heterocycles. The van der Waals surface area contributed by atoms with Crippen LogP contribution in [-0.2, 0) is 10.2 Å². The number of hydrogen-bond donors (Lipinski definition) is 3. The predicted octanol–water partition coefficient (Wildman–Crippen LogP) is -0.239. The highest BCUT2D eigenvalue weighted by atomic mass is 16.6. The van der Waals surface area contributed by atoms with Gasteiger partial charge in [0, 0.05) is 6.04 Å². The average molecular weight is 226 g/mol. The zero-order valence-electron chi connectivity index (χ0n) is 8.21. The molecule has 1 aliphatic carbocycles. The van der Waals surface area contributed by atoms with Crippen LogP contribution in [0.1, 0.15) is 18.5 Å². The van der Waals surface area contributed by atoms with Gasteiger partial charge in [-0.25, -0.2) is 0 Å². The van der Waals surface area contributed by atoms with Crippen LogP contribution < -0.4 is 5.73 Å². The fraction of sp³-hybridized carbons (Fsp3) is 0.500. The second-order valence-corrected chi connectivity index (χ2v) is 3.94. The predicted molar refractivity (Wildman–Crippen MR) is 51.8 cm³/mol. The fourth-order valence-corrected chi connectivity index (χ4v) is 2.09. The topological polar surface area (TPSA) is 135 Å². The Morgan fingerprint density at radius 3 is 2.81 bits per heavy atom. The van der Waals surface area contributed by atoms with Crippen molar-refractivity contribution in [2.24, 2.45) is 5.73 Å². The Kier molecular flexibility index (Phi) is 2.16. The van der Waals surface area contributed by atoms with Gasteiger partial charge in [0.2, 0.25) is 0 Å². The molecule has 1 aromatic heterocycles. The van der Waals surface area contributed by atoms with Crippen molar-refractivity contribution in [1.29, 1.82) is 0 Å². The molecule has 1 aromatic rings. The van der Waals surface area contributed by atoms with Crippen LogP contribution in [0.5, 0.6) is 0 Å². The zero-order chi connectivity index (χ0) is 11.9. The maximum absolute atomic E-state index is 11.2. The first kappa shape index (κ1) is 10.6. The first-order valence-corrected chi connectivity index (χ1v) is 4.64. The number of aromatic amines is 1. The summed E-state index contributed by atoms with van der Waals surface area (Å²) >= 11 is 0. The van der Waals surface area contributed by atoms with Crippen LogP contribution in [0.4, 0.5) is 5.69 Å². The van der Waals surface area contributed by atoms with E-state index in [0.717, 1.165) is 6.20 Å². The molecule has 1 fully saturated rings. The van der Waals surface area contributed by atoms with Crippen molar-refractivity contribution in [2.45, 2.75) is 24.3 Å². The molecule has 0 radical (unpaired) electrons. The third-order valence-electron chi connectivity index (χ3n) is 2.93. The smallest absolute Gasteiger partial charge is 0.316 e. The summed E-state index contributed by atoms with van der Waals surface area (Å²) in [7, 11) is 0. The van der Waals surface area contributed by atoms with Crippen LogP contribution in [0.3, 0.4) is 0 Å². The van der Waals surface area contributed by atoms with Gasteiger partial charge < -0.3 is 10.8 Å². The monoisotopic (exact) mass is 226 g/mol. The van der Waals surface area contributed by atoms with Gasteiger partial charge in [-0.15, -0.1) is 0 Å². The SMILES string of the molecule is NC1CC(C(=O)O)(c2[nH]ncc2[N+](=O)[O-])C1. The van der Waals surface area contributed by atoms with Gasteiger partial charge in [0.25, 0.3) is 0 Å². The molecular formula is C8H10N4O4. The number of H-pyrrole nitrogens is 1. The standard InChI is InChI=1S/C8H10N4O4/c9-4-1-8(2-4,7(13)14)6-5(12(15)16)3-10-11-6/h3-4H,1-2,9H2,(H,10,11)(H,13,14). The van der Waals surface area contributed by atoms with Gasteiger partial charge in [0.1, 0.15) is 17.3 Å². The number of nitrogens with two attached hydrogens (primary N) is 1. The number of aromatic nitrogens is 2. The van der Waals surface area contributed by atoms with Gasteiger partial charge >= 0.3 is 11.7 Å². The number of nitrogens with one attached hydrogen (secondary N) is 1. The lowest BCUT2D eigenvalue weighted by atomic mass is 9.63. The Labute approximate surface area is 89.6 Å². The lowest BCUT2D eigenvalue weighted by Crippen LogP contribution is -2.54. The van der Waals surface area contributed by atoms with Gasteiger partial charge in [0.15, 0.2) is 0 Å². The molecule has 1 aliphatic rings. The molecule has 0 amide bonds. The van der Waals surface area contributed by atoms with Gasteiger partial charge in [0.05, 0.1) is 4.92 Å². The maximum Gasteiger partial charge on any atom is 0.316 e. The van der Waals surface area contributed by atoms with Crippen LogP contribution >= 0.6 is 0 Å². The molecule has 0 spiro atoms. The highest BCUT2D eigenvalue weighted by Crippen LogP contribution is 2.45. The summed E-state index contributed by atoms with van der Waals surface area (Å²) in [5, 5.41) is 25.8. The molecule has 1 saturated carbocycles. The highest BCUT2D eigenvalue weighted by molar-refractivity contribution is 5.83. The van der Waals surface area contributed by atoms with Crippen LogP contribution in [0.15, 0.2) is 6.20 Å². The molecule has 4 N–H and O–H groups in total. The van der Waals surface area contributed by atoms with E-state index in [0.29, 0.717) is 0 Å². The molecule has 8 heteroatoms. The van der Waals surface area contributed by atoms with E-state index in [1.807, 2.05) is 0 Å². The first-order valence-electron chi connectivity index (χ1n) is 4.64. The highest BCUT2D eigenvalue weighted by Gasteiger charge is 2.54. The van der Waals surface area contributed by atoms with E-state index in [-0.39, 0.29) is 30.3 Å². The maximum atomic E-state index is 11.2. The Balaban J connectivity index is 2.45. The van der Waals surface area contributed by atoms with Crippen molar-refractivity contribution in [3.05, 3.63) is 22.0 Å². The molecule has 0 saturated heterocycles. The number of carboxylic acid groups (broad SMARTS) is 1. The van der Waals surface area contributed by atoms with E-state index in [1.165, 1.54) is 0 Å². The van der Waals surface area contributed by atoms with E-state index >= 15 is 0 Å². The van der Waals surface area contributed by atoms with E-state index in [4.69, 9.17) is 10.8 Å². The third kappa shape index (κ3) is 1.27. The van der Waals surface area contributed by atoms with Gasteiger partial charge in [-0.2, -0.15) is 5.10 Å². The third-order valence-corrected chi connectivity index (χ3v) is 2.93. The lowest BCUT2D eigenvalue weighted by Gasteiger charge is -2.40.